The van der Waals surface area contributed by atoms with Crippen LogP contribution in [0.2, 0.25) is 0 Å². The van der Waals surface area contributed by atoms with Crippen molar-refractivity contribution in [2.24, 2.45) is 14.1 Å². The Hall–Kier alpha value is -4.16. The van der Waals surface area contributed by atoms with E-state index in [0.29, 0.717) is 5.76 Å². The van der Waals surface area contributed by atoms with Crippen LogP contribution in [0.3, 0.4) is 0 Å². The van der Waals surface area contributed by atoms with Crippen molar-refractivity contribution in [2.75, 3.05) is 6.61 Å². The lowest BCUT2D eigenvalue weighted by Gasteiger charge is -2.04. The Morgan fingerprint density at radius 1 is 1.10 bits per heavy atom. The number of nitrogens with zero attached hydrogens (tertiary/aromatic N) is 6. The highest BCUT2D eigenvalue weighted by Gasteiger charge is 2.18. The van der Waals surface area contributed by atoms with E-state index in [9.17, 15) is 19.2 Å². The molecule has 31 heavy (non-hydrogen) atoms. The Morgan fingerprint density at radius 2 is 1.87 bits per heavy atom. The molecule has 4 rings (SSSR count). The van der Waals surface area contributed by atoms with E-state index < -0.39 is 23.0 Å². The molecule has 0 radical (unpaired) electrons. The van der Waals surface area contributed by atoms with E-state index in [4.69, 9.17) is 13.6 Å². The molecule has 0 aliphatic rings. The van der Waals surface area contributed by atoms with Gasteiger partial charge in [-0.3, -0.25) is 13.9 Å². The molecule has 0 N–H and O–H groups in total. The molecular weight excluding hydrogens is 412 g/mol. The highest BCUT2D eigenvalue weighted by atomic mass is 16.5. The minimum Gasteiger partial charge on any atom is -0.460 e. The van der Waals surface area contributed by atoms with E-state index in [2.05, 4.69) is 10.1 Å². The summed E-state index contributed by atoms with van der Waals surface area (Å²) in [4.78, 5) is 52.5. The van der Waals surface area contributed by atoms with Crippen molar-refractivity contribution < 1.29 is 18.4 Å². The minimum absolute atomic E-state index is 0.0139. The molecular formula is C18H18N6O7. The zero-order valence-corrected chi connectivity index (χ0v) is 16.9. The average molecular weight is 430 g/mol. The Bertz CT molecular complexity index is 1460. The van der Waals surface area contributed by atoms with Crippen LogP contribution in [-0.4, -0.2) is 41.0 Å². The molecule has 0 spiro atoms. The third-order valence-electron chi connectivity index (χ3n) is 4.61. The van der Waals surface area contributed by atoms with Gasteiger partial charge in [0.05, 0.1) is 12.9 Å². The van der Waals surface area contributed by atoms with E-state index in [-0.39, 0.29) is 42.5 Å². The van der Waals surface area contributed by atoms with Crippen LogP contribution in [0.15, 0.2) is 41.7 Å². The number of aryl methyl sites for hydroxylation is 1. The summed E-state index contributed by atoms with van der Waals surface area (Å²) in [5, 5.41) is 4.10. The SMILES string of the molecule is CCOC(=O)c1ccc(Cn2nc(Cn3cnc4c3c(=O)n(C)c(=O)n4C)oc2=O)o1. The maximum atomic E-state index is 12.5. The highest BCUT2D eigenvalue weighted by molar-refractivity contribution is 5.86. The fraction of sp³-hybridized carbons (Fsp3) is 0.333. The first-order valence-corrected chi connectivity index (χ1v) is 9.23. The first kappa shape index (κ1) is 20.1. The zero-order valence-electron chi connectivity index (χ0n) is 16.9. The number of rotatable bonds is 6. The van der Waals surface area contributed by atoms with E-state index in [1.807, 2.05) is 0 Å². The molecule has 0 bridgehead atoms. The summed E-state index contributed by atoms with van der Waals surface area (Å²) in [7, 11) is 2.87. The number of fused-ring (bicyclic) bond motifs is 1. The Labute approximate surface area is 172 Å². The molecule has 4 aromatic heterocycles. The predicted octanol–water partition coefficient (Wildman–Crippen LogP) is -0.550. The number of hydrogen-bond acceptors (Lipinski definition) is 9. The minimum atomic E-state index is -0.742. The molecule has 0 saturated carbocycles. The summed E-state index contributed by atoms with van der Waals surface area (Å²) < 4.78 is 20.1. The van der Waals surface area contributed by atoms with Crippen molar-refractivity contribution in [3.63, 3.8) is 0 Å². The van der Waals surface area contributed by atoms with E-state index in [1.165, 1.54) is 41.7 Å². The van der Waals surface area contributed by atoms with Crippen LogP contribution in [0.5, 0.6) is 0 Å². The third kappa shape index (κ3) is 3.49. The van der Waals surface area contributed by atoms with Crippen LogP contribution < -0.4 is 17.0 Å². The van der Waals surface area contributed by atoms with Gasteiger partial charge in [-0.15, -0.1) is 5.10 Å². The Morgan fingerprint density at radius 3 is 2.61 bits per heavy atom. The predicted molar refractivity (Wildman–Crippen MR) is 104 cm³/mol. The van der Waals surface area contributed by atoms with Crippen molar-refractivity contribution in [1.82, 2.24) is 28.5 Å². The Kier molecular flexibility index (Phi) is 4.93. The molecule has 0 amide bonds. The smallest absolute Gasteiger partial charge is 0.437 e. The summed E-state index contributed by atoms with van der Waals surface area (Å²) in [6.45, 7) is 1.76. The van der Waals surface area contributed by atoms with Crippen molar-refractivity contribution in [3.8, 4) is 0 Å². The van der Waals surface area contributed by atoms with Gasteiger partial charge in [-0.05, 0) is 19.1 Å². The summed E-state index contributed by atoms with van der Waals surface area (Å²) in [5.74, 6) is -1.00. The molecule has 0 aromatic carbocycles. The number of aromatic nitrogens is 6. The number of furan rings is 1. The van der Waals surface area contributed by atoms with Crippen molar-refractivity contribution >= 4 is 17.1 Å². The number of carbonyl (C=O) groups excluding carboxylic acids is 1. The first-order valence-electron chi connectivity index (χ1n) is 9.23. The maximum absolute atomic E-state index is 12.5. The van der Waals surface area contributed by atoms with Gasteiger partial charge < -0.3 is 18.1 Å². The normalized spacial score (nSPS) is 11.3. The van der Waals surface area contributed by atoms with Gasteiger partial charge in [0.15, 0.2) is 11.2 Å². The molecule has 0 saturated heterocycles. The molecule has 162 valence electrons. The van der Waals surface area contributed by atoms with Gasteiger partial charge in [-0.25, -0.2) is 19.4 Å². The zero-order chi connectivity index (χ0) is 22.3. The van der Waals surface area contributed by atoms with Gasteiger partial charge in [0.2, 0.25) is 11.7 Å². The van der Waals surface area contributed by atoms with Crippen molar-refractivity contribution in [2.45, 2.75) is 20.0 Å². The standard InChI is InChI=1S/C18H18N6O7/c1-4-29-16(26)11-6-5-10(30-11)7-24-18(28)31-12(20-24)8-23-9-19-14-13(23)15(25)22(3)17(27)21(14)2/h5-6,9H,4,7-8H2,1-3H3. The lowest BCUT2D eigenvalue weighted by Crippen LogP contribution is -2.37. The average Bonchev–Trinajstić information content (AvgIpc) is 3.45. The third-order valence-corrected chi connectivity index (χ3v) is 4.61. The van der Waals surface area contributed by atoms with Crippen LogP contribution >= 0.6 is 0 Å². The first-order chi connectivity index (χ1) is 14.8. The summed E-state index contributed by atoms with van der Waals surface area (Å²) in [5.41, 5.74) is -0.650. The molecule has 0 unspecified atom stereocenters. The molecule has 4 heterocycles. The van der Waals surface area contributed by atoms with Gasteiger partial charge in [0, 0.05) is 14.1 Å². The quantitative estimate of drug-likeness (QED) is 0.367. The number of hydrogen-bond donors (Lipinski definition) is 0. The molecule has 13 nitrogen and oxygen atoms in total. The van der Waals surface area contributed by atoms with Crippen LogP contribution in [-0.2, 0) is 31.9 Å². The van der Waals surface area contributed by atoms with Gasteiger partial charge in [0.25, 0.3) is 5.56 Å². The summed E-state index contributed by atoms with van der Waals surface area (Å²) in [6, 6.07) is 2.97. The Balaban J connectivity index is 1.61. The number of esters is 1. The van der Waals surface area contributed by atoms with E-state index >= 15 is 0 Å². The number of carbonyl (C=O) groups is 1. The fourth-order valence-corrected chi connectivity index (χ4v) is 3.10. The largest absolute Gasteiger partial charge is 0.460 e. The van der Waals surface area contributed by atoms with Crippen molar-refractivity contribution in [3.05, 3.63) is 67.3 Å². The van der Waals surface area contributed by atoms with Gasteiger partial charge >= 0.3 is 17.4 Å². The number of imidazole rings is 1. The van der Waals surface area contributed by atoms with E-state index in [0.717, 1.165) is 9.25 Å². The molecule has 13 heteroatoms. The highest BCUT2D eigenvalue weighted by Crippen LogP contribution is 2.11. The molecule has 0 fully saturated rings. The second kappa shape index (κ2) is 7.59. The van der Waals surface area contributed by atoms with Crippen LogP contribution in [0, 0.1) is 0 Å². The van der Waals surface area contributed by atoms with Gasteiger partial charge in [-0.1, -0.05) is 0 Å². The van der Waals surface area contributed by atoms with Gasteiger partial charge in [-0.2, -0.15) is 4.68 Å². The topological polar surface area (TPSA) is 149 Å². The molecule has 0 aliphatic carbocycles. The van der Waals surface area contributed by atoms with Crippen molar-refractivity contribution in [1.29, 1.82) is 0 Å². The van der Waals surface area contributed by atoms with E-state index in [1.54, 1.807) is 6.92 Å². The summed E-state index contributed by atoms with van der Waals surface area (Å²) in [6.07, 6.45) is 1.36. The summed E-state index contributed by atoms with van der Waals surface area (Å²) >= 11 is 0. The van der Waals surface area contributed by atoms with Crippen LogP contribution in [0.4, 0.5) is 0 Å². The number of ether oxygens (including phenoxy) is 1. The molecule has 0 aliphatic heterocycles. The lowest BCUT2D eigenvalue weighted by molar-refractivity contribution is 0.0487. The second-order valence-electron chi connectivity index (χ2n) is 6.66. The monoisotopic (exact) mass is 430 g/mol. The molecule has 0 atom stereocenters. The fourth-order valence-electron chi connectivity index (χ4n) is 3.10. The van der Waals surface area contributed by atoms with Crippen LogP contribution in [0.25, 0.3) is 11.2 Å². The maximum Gasteiger partial charge on any atom is 0.437 e. The second-order valence-corrected chi connectivity index (χ2v) is 6.66. The molecule has 4 aromatic rings. The lowest BCUT2D eigenvalue weighted by atomic mass is 10.4. The van der Waals surface area contributed by atoms with Crippen LogP contribution in [0.1, 0.15) is 29.1 Å². The van der Waals surface area contributed by atoms with Gasteiger partial charge in [0.1, 0.15) is 18.8 Å².